The second-order valence-electron chi connectivity index (χ2n) is 3.93. The normalized spacial score (nSPS) is 12.4. The molecular weight excluding hydrogens is 297 g/mol. The van der Waals surface area contributed by atoms with Gasteiger partial charge in [-0.25, -0.2) is 9.59 Å². The van der Waals surface area contributed by atoms with E-state index < -0.39 is 30.7 Å². The number of carboxylic acids is 1. The van der Waals surface area contributed by atoms with E-state index in [0.29, 0.717) is 0 Å². The van der Waals surface area contributed by atoms with Gasteiger partial charge in [0.05, 0.1) is 6.61 Å². The van der Waals surface area contributed by atoms with Gasteiger partial charge in [-0.15, -0.1) is 0 Å². The molecule has 0 fully saturated rings. The number of rotatable bonds is 6. The van der Waals surface area contributed by atoms with Crippen LogP contribution >= 0.6 is 0 Å². The first-order valence-corrected chi connectivity index (χ1v) is 5.69. The van der Waals surface area contributed by atoms with E-state index in [4.69, 9.17) is 5.11 Å². The summed E-state index contributed by atoms with van der Waals surface area (Å²) in [5.74, 6) is -2.22. The number of hydrogen-bond acceptors (Lipinski definition) is 4. The maximum atomic E-state index is 11.7. The van der Waals surface area contributed by atoms with Crippen LogP contribution in [-0.4, -0.2) is 48.9 Å². The molecule has 0 spiro atoms. The molecule has 0 heterocycles. The first-order valence-electron chi connectivity index (χ1n) is 5.69. The number of aliphatic carboxylic acids is 1. The van der Waals surface area contributed by atoms with Crippen molar-refractivity contribution in [3.05, 3.63) is 11.1 Å². The zero-order valence-corrected chi connectivity index (χ0v) is 11.3. The number of alkyl halides is 3. The number of amides is 3. The first kappa shape index (κ1) is 18.9. The highest BCUT2D eigenvalue weighted by molar-refractivity contribution is 6.07. The van der Waals surface area contributed by atoms with E-state index in [0.717, 1.165) is 0 Å². The molecule has 0 rings (SSSR count). The van der Waals surface area contributed by atoms with Crippen LogP contribution < -0.4 is 10.6 Å². The van der Waals surface area contributed by atoms with Gasteiger partial charge in [0.1, 0.15) is 6.61 Å². The Kier molecular flexibility index (Phi) is 7.42. The van der Waals surface area contributed by atoms with Crippen molar-refractivity contribution >= 4 is 17.9 Å². The summed E-state index contributed by atoms with van der Waals surface area (Å²) in [6, 6.07) is -0.965. The molecule has 7 nitrogen and oxygen atoms in total. The van der Waals surface area contributed by atoms with Crippen molar-refractivity contribution in [1.82, 2.24) is 10.6 Å². The summed E-state index contributed by atoms with van der Waals surface area (Å²) >= 11 is 0. The molecular formula is C11H15F3N2O5. The topological polar surface area (TPSA) is 105 Å². The van der Waals surface area contributed by atoms with Gasteiger partial charge in [-0.2, -0.15) is 13.2 Å². The Bertz CT molecular complexity index is 446. The molecule has 0 aliphatic heterocycles. The second-order valence-corrected chi connectivity index (χ2v) is 3.93. The standard InChI is InChI=1S/C11H15F3N2O5/c1-6(7(2)9(18)19)8(17)16-10(20)15-3-4-21-5-11(12,13)14/h3-5H2,1-2H3,(H,18,19)(H2,15,16,17,20). The molecule has 0 bridgehead atoms. The molecule has 0 saturated heterocycles. The quantitative estimate of drug-likeness (QED) is 0.497. The lowest BCUT2D eigenvalue weighted by atomic mass is 10.1. The van der Waals surface area contributed by atoms with E-state index in [-0.39, 0.29) is 24.3 Å². The third kappa shape index (κ3) is 8.63. The van der Waals surface area contributed by atoms with Crippen LogP contribution in [0.25, 0.3) is 0 Å². The van der Waals surface area contributed by atoms with Crippen LogP contribution in [0.4, 0.5) is 18.0 Å². The lowest BCUT2D eigenvalue weighted by molar-refractivity contribution is -0.173. The molecule has 0 atom stereocenters. The monoisotopic (exact) mass is 312 g/mol. The van der Waals surface area contributed by atoms with Crippen molar-refractivity contribution in [3.8, 4) is 0 Å². The number of imide groups is 1. The molecule has 3 N–H and O–H groups in total. The van der Waals surface area contributed by atoms with Crippen molar-refractivity contribution < 1.29 is 37.4 Å². The van der Waals surface area contributed by atoms with Crippen molar-refractivity contribution in [2.45, 2.75) is 20.0 Å². The Morgan fingerprint density at radius 3 is 2.19 bits per heavy atom. The van der Waals surface area contributed by atoms with Gasteiger partial charge in [-0.05, 0) is 13.8 Å². The Hall–Kier alpha value is -2.10. The van der Waals surface area contributed by atoms with Gasteiger partial charge < -0.3 is 15.2 Å². The Labute approximate surface area is 118 Å². The maximum Gasteiger partial charge on any atom is 0.411 e. The Morgan fingerprint density at radius 1 is 1.14 bits per heavy atom. The van der Waals surface area contributed by atoms with E-state index in [2.05, 4.69) is 10.1 Å². The van der Waals surface area contributed by atoms with E-state index in [1.165, 1.54) is 13.8 Å². The average molecular weight is 312 g/mol. The number of ether oxygens (including phenoxy) is 1. The van der Waals surface area contributed by atoms with Gasteiger partial charge in [0.25, 0.3) is 5.91 Å². The highest BCUT2D eigenvalue weighted by Gasteiger charge is 2.27. The summed E-state index contributed by atoms with van der Waals surface area (Å²) in [6.07, 6.45) is -4.45. The zero-order valence-electron chi connectivity index (χ0n) is 11.3. The van der Waals surface area contributed by atoms with Gasteiger partial charge in [0.15, 0.2) is 0 Å². The van der Waals surface area contributed by atoms with E-state index in [1.807, 2.05) is 5.32 Å². The SMILES string of the molecule is CC(C(=O)O)=C(C)C(=O)NC(=O)NCCOCC(F)(F)F. The van der Waals surface area contributed by atoms with Crippen LogP contribution in [0.1, 0.15) is 13.8 Å². The lowest BCUT2D eigenvalue weighted by Crippen LogP contribution is -2.41. The fraction of sp³-hybridized carbons (Fsp3) is 0.545. The number of carboxylic acid groups (broad SMARTS) is 1. The van der Waals surface area contributed by atoms with Crippen LogP contribution in [0.5, 0.6) is 0 Å². The van der Waals surface area contributed by atoms with Crippen LogP contribution in [-0.2, 0) is 14.3 Å². The molecule has 3 amide bonds. The molecule has 0 unspecified atom stereocenters. The van der Waals surface area contributed by atoms with E-state index in [9.17, 15) is 27.6 Å². The highest BCUT2D eigenvalue weighted by Crippen LogP contribution is 2.13. The Balaban J connectivity index is 4.08. The maximum absolute atomic E-state index is 11.7. The van der Waals surface area contributed by atoms with Crippen LogP contribution in [0, 0.1) is 0 Å². The fourth-order valence-electron chi connectivity index (χ4n) is 0.996. The molecule has 0 saturated carbocycles. The van der Waals surface area contributed by atoms with E-state index in [1.54, 1.807) is 0 Å². The van der Waals surface area contributed by atoms with Gasteiger partial charge >= 0.3 is 18.2 Å². The van der Waals surface area contributed by atoms with Crippen molar-refractivity contribution in [3.63, 3.8) is 0 Å². The summed E-state index contributed by atoms with van der Waals surface area (Å²) in [5.41, 5.74) is -0.389. The van der Waals surface area contributed by atoms with Gasteiger partial charge in [0, 0.05) is 17.7 Å². The molecule has 0 aromatic heterocycles. The molecule has 21 heavy (non-hydrogen) atoms. The minimum atomic E-state index is -4.45. The molecule has 0 aromatic carbocycles. The number of halogens is 3. The predicted octanol–water partition coefficient (Wildman–Crippen LogP) is 0.812. The van der Waals surface area contributed by atoms with Gasteiger partial charge in [0.2, 0.25) is 0 Å². The number of urea groups is 1. The Morgan fingerprint density at radius 2 is 1.71 bits per heavy atom. The number of nitrogens with one attached hydrogen (secondary N) is 2. The summed E-state index contributed by atoms with van der Waals surface area (Å²) < 4.78 is 39.4. The van der Waals surface area contributed by atoms with E-state index >= 15 is 0 Å². The average Bonchev–Trinajstić information content (AvgIpc) is 2.34. The van der Waals surface area contributed by atoms with Crippen LogP contribution in [0.2, 0.25) is 0 Å². The second kappa shape index (κ2) is 8.25. The summed E-state index contributed by atoms with van der Waals surface area (Å²) in [4.78, 5) is 33.3. The van der Waals surface area contributed by atoms with Crippen LogP contribution in [0.3, 0.4) is 0 Å². The molecule has 10 heteroatoms. The summed E-state index contributed by atoms with van der Waals surface area (Å²) in [7, 11) is 0. The molecule has 120 valence electrons. The smallest absolute Gasteiger partial charge is 0.411 e. The highest BCUT2D eigenvalue weighted by atomic mass is 19.4. The summed E-state index contributed by atoms with van der Waals surface area (Å²) in [6.45, 7) is 0.355. The third-order valence-corrected chi connectivity index (χ3v) is 2.25. The predicted molar refractivity (Wildman–Crippen MR) is 64.4 cm³/mol. The number of hydrogen-bond donors (Lipinski definition) is 3. The van der Waals surface area contributed by atoms with Crippen molar-refractivity contribution in [1.29, 1.82) is 0 Å². The fourth-order valence-corrected chi connectivity index (χ4v) is 0.996. The largest absolute Gasteiger partial charge is 0.478 e. The third-order valence-electron chi connectivity index (χ3n) is 2.25. The zero-order chi connectivity index (χ0) is 16.6. The number of carbonyl (C=O) groups excluding carboxylic acids is 2. The van der Waals surface area contributed by atoms with Crippen molar-refractivity contribution in [2.24, 2.45) is 0 Å². The molecule has 0 aliphatic carbocycles. The molecule has 0 radical (unpaired) electrons. The lowest BCUT2D eigenvalue weighted by Gasteiger charge is -2.09. The first-order chi connectivity index (χ1) is 9.54. The van der Waals surface area contributed by atoms with Gasteiger partial charge in [-0.3, -0.25) is 10.1 Å². The number of carbonyl (C=O) groups is 3. The molecule has 0 aliphatic rings. The summed E-state index contributed by atoms with van der Waals surface area (Å²) in [5, 5.41) is 12.6. The minimum Gasteiger partial charge on any atom is -0.478 e. The van der Waals surface area contributed by atoms with Gasteiger partial charge in [-0.1, -0.05) is 0 Å². The van der Waals surface area contributed by atoms with Crippen molar-refractivity contribution in [2.75, 3.05) is 19.8 Å². The minimum absolute atomic E-state index is 0.161. The molecule has 0 aromatic rings. The van der Waals surface area contributed by atoms with Crippen LogP contribution in [0.15, 0.2) is 11.1 Å².